The van der Waals surface area contributed by atoms with E-state index in [4.69, 9.17) is 4.74 Å². The molecule has 0 bridgehead atoms. The number of phenolic OH excluding ortho intramolecular Hbond substituents is 1. The van der Waals surface area contributed by atoms with Gasteiger partial charge >= 0.3 is 5.97 Å². The zero-order chi connectivity index (χ0) is 14.9. The summed E-state index contributed by atoms with van der Waals surface area (Å²) in [4.78, 5) is 17.0. The Morgan fingerprint density at radius 3 is 2.45 bits per heavy atom. The number of hydrogen-bond donors (Lipinski definition) is 1. The Morgan fingerprint density at radius 1 is 1.30 bits per heavy atom. The topological polar surface area (TPSA) is 59.4 Å². The zero-order valence-electron chi connectivity index (χ0n) is 12.0. The van der Waals surface area contributed by atoms with Crippen molar-refractivity contribution >= 4 is 17.3 Å². The lowest BCUT2D eigenvalue weighted by Gasteiger charge is -2.05. The summed E-state index contributed by atoms with van der Waals surface area (Å²) < 4.78 is 4.99. The molecule has 0 fully saturated rings. The average molecular weight is 291 g/mol. The number of ether oxygens (including phenoxy) is 1. The lowest BCUT2D eigenvalue weighted by atomic mass is 10.1. The monoisotopic (exact) mass is 291 g/mol. The van der Waals surface area contributed by atoms with Crippen LogP contribution in [-0.4, -0.2) is 22.7 Å². The maximum absolute atomic E-state index is 11.8. The minimum atomic E-state index is -0.389. The van der Waals surface area contributed by atoms with Crippen molar-refractivity contribution < 1.29 is 14.6 Å². The first kappa shape index (κ1) is 14.5. The number of rotatable bonds is 3. The molecule has 1 aromatic carbocycles. The van der Waals surface area contributed by atoms with Gasteiger partial charge in [0.1, 0.15) is 10.8 Å². The summed E-state index contributed by atoms with van der Waals surface area (Å²) in [6, 6.07) is 3.74. The highest BCUT2D eigenvalue weighted by Crippen LogP contribution is 2.32. The van der Waals surface area contributed by atoms with Gasteiger partial charge in [0.2, 0.25) is 0 Å². The first-order valence-corrected chi connectivity index (χ1v) is 7.20. The average Bonchev–Trinajstić information content (AvgIpc) is 2.78. The van der Waals surface area contributed by atoms with Crippen molar-refractivity contribution in [2.45, 2.75) is 27.7 Å². The number of carbonyl (C=O) groups is 1. The van der Waals surface area contributed by atoms with E-state index in [-0.39, 0.29) is 5.97 Å². The molecule has 0 aliphatic rings. The van der Waals surface area contributed by atoms with Crippen molar-refractivity contribution in [2.24, 2.45) is 0 Å². The highest BCUT2D eigenvalue weighted by atomic mass is 32.1. The highest BCUT2D eigenvalue weighted by molar-refractivity contribution is 7.15. The van der Waals surface area contributed by atoms with Crippen molar-refractivity contribution in [3.63, 3.8) is 0 Å². The van der Waals surface area contributed by atoms with E-state index in [1.54, 1.807) is 6.92 Å². The first-order chi connectivity index (χ1) is 9.43. The molecule has 1 N–H and O–H groups in total. The molecule has 5 heteroatoms. The molecule has 106 valence electrons. The number of aryl methyl sites for hydroxylation is 3. The van der Waals surface area contributed by atoms with E-state index < -0.39 is 0 Å². The zero-order valence-corrected chi connectivity index (χ0v) is 12.8. The molecule has 0 atom stereocenters. The van der Waals surface area contributed by atoms with E-state index in [0.29, 0.717) is 18.1 Å². The van der Waals surface area contributed by atoms with E-state index in [1.165, 1.54) is 11.3 Å². The Balaban J connectivity index is 2.44. The fourth-order valence-corrected chi connectivity index (χ4v) is 2.88. The number of thiazole rings is 1. The van der Waals surface area contributed by atoms with Gasteiger partial charge < -0.3 is 9.84 Å². The smallest absolute Gasteiger partial charge is 0.358 e. The van der Waals surface area contributed by atoms with Crippen LogP contribution >= 0.6 is 11.3 Å². The van der Waals surface area contributed by atoms with Crippen LogP contribution in [0.4, 0.5) is 0 Å². The molecule has 0 saturated carbocycles. The number of phenols is 1. The maximum Gasteiger partial charge on any atom is 0.358 e. The number of esters is 1. The third kappa shape index (κ3) is 2.67. The fourth-order valence-electron chi connectivity index (χ4n) is 1.99. The van der Waals surface area contributed by atoms with Crippen LogP contribution in [0.1, 0.15) is 33.4 Å². The minimum absolute atomic E-state index is 0.299. The number of carbonyl (C=O) groups excluding carboxylic acids is 1. The molecule has 0 amide bonds. The lowest BCUT2D eigenvalue weighted by molar-refractivity contribution is 0.0519. The number of hydrogen-bond acceptors (Lipinski definition) is 5. The number of nitrogens with zero attached hydrogens (tertiary/aromatic N) is 1. The van der Waals surface area contributed by atoms with Crippen molar-refractivity contribution in [1.82, 2.24) is 4.98 Å². The van der Waals surface area contributed by atoms with Gasteiger partial charge in [0.05, 0.1) is 6.61 Å². The van der Waals surface area contributed by atoms with Crippen LogP contribution < -0.4 is 0 Å². The van der Waals surface area contributed by atoms with Crippen molar-refractivity contribution in [1.29, 1.82) is 0 Å². The van der Waals surface area contributed by atoms with Crippen LogP contribution in [0.3, 0.4) is 0 Å². The molecule has 0 spiro atoms. The summed E-state index contributed by atoms with van der Waals surface area (Å²) in [6.07, 6.45) is 0. The molecule has 2 rings (SSSR count). The predicted octanol–water partition coefficient (Wildman–Crippen LogP) is 3.62. The van der Waals surface area contributed by atoms with E-state index >= 15 is 0 Å². The Bertz CT molecular complexity index is 638. The van der Waals surface area contributed by atoms with E-state index in [1.807, 2.05) is 32.9 Å². The van der Waals surface area contributed by atoms with Gasteiger partial charge in [-0.15, -0.1) is 11.3 Å². The third-order valence-electron chi connectivity index (χ3n) is 3.00. The van der Waals surface area contributed by atoms with Gasteiger partial charge in [-0.25, -0.2) is 9.78 Å². The Kier molecular flexibility index (Phi) is 4.09. The predicted molar refractivity (Wildman–Crippen MR) is 79.4 cm³/mol. The molecule has 0 aliphatic carbocycles. The summed E-state index contributed by atoms with van der Waals surface area (Å²) in [5.74, 6) is -0.0904. The summed E-state index contributed by atoms with van der Waals surface area (Å²) in [5, 5.41) is 10.6. The molecule has 1 heterocycles. The van der Waals surface area contributed by atoms with Gasteiger partial charge in [0.25, 0.3) is 0 Å². The molecule has 0 saturated heterocycles. The van der Waals surface area contributed by atoms with Crippen molar-refractivity contribution in [3.8, 4) is 16.3 Å². The Hall–Kier alpha value is -1.88. The van der Waals surface area contributed by atoms with Gasteiger partial charge in [-0.2, -0.15) is 0 Å². The molecule has 4 nitrogen and oxygen atoms in total. The second-order valence-electron chi connectivity index (χ2n) is 4.60. The Morgan fingerprint density at radius 2 is 1.90 bits per heavy atom. The van der Waals surface area contributed by atoms with Crippen molar-refractivity contribution in [2.75, 3.05) is 6.61 Å². The second kappa shape index (κ2) is 5.63. The van der Waals surface area contributed by atoms with Crippen LogP contribution in [0, 0.1) is 20.8 Å². The SMILES string of the molecule is CCOC(=O)c1nc(-c2cc(C)c(O)c(C)c2)sc1C. The van der Waals surface area contributed by atoms with Gasteiger partial charge in [0.15, 0.2) is 5.69 Å². The normalized spacial score (nSPS) is 10.6. The third-order valence-corrected chi connectivity index (χ3v) is 4.02. The first-order valence-electron chi connectivity index (χ1n) is 6.39. The summed E-state index contributed by atoms with van der Waals surface area (Å²) >= 11 is 1.45. The number of benzene rings is 1. The van der Waals surface area contributed by atoms with E-state index in [2.05, 4.69) is 4.98 Å². The summed E-state index contributed by atoms with van der Waals surface area (Å²) in [7, 11) is 0. The second-order valence-corrected chi connectivity index (χ2v) is 5.81. The fraction of sp³-hybridized carbons (Fsp3) is 0.333. The molecule has 2 aromatic rings. The van der Waals surface area contributed by atoms with Gasteiger partial charge in [-0.3, -0.25) is 0 Å². The number of aromatic nitrogens is 1. The summed E-state index contributed by atoms with van der Waals surface area (Å²) in [6.45, 7) is 7.65. The van der Waals surface area contributed by atoms with Crippen molar-refractivity contribution in [3.05, 3.63) is 33.8 Å². The van der Waals surface area contributed by atoms with E-state index in [0.717, 1.165) is 26.6 Å². The van der Waals surface area contributed by atoms with Crippen LogP contribution in [0.15, 0.2) is 12.1 Å². The molecule has 20 heavy (non-hydrogen) atoms. The molecular weight excluding hydrogens is 274 g/mol. The molecule has 0 aliphatic heterocycles. The van der Waals surface area contributed by atoms with Gasteiger partial charge in [0, 0.05) is 10.4 Å². The lowest BCUT2D eigenvalue weighted by Crippen LogP contribution is -2.06. The minimum Gasteiger partial charge on any atom is -0.507 e. The Labute approximate surface area is 122 Å². The standard InChI is InChI=1S/C15H17NO3S/c1-5-19-15(18)12-10(4)20-14(16-12)11-6-8(2)13(17)9(3)7-11/h6-7,17H,5H2,1-4H3. The van der Waals surface area contributed by atoms with Crippen LogP contribution in [0.2, 0.25) is 0 Å². The van der Waals surface area contributed by atoms with E-state index in [9.17, 15) is 9.90 Å². The molecular formula is C15H17NO3S. The van der Waals surface area contributed by atoms with Crippen LogP contribution in [0.25, 0.3) is 10.6 Å². The largest absolute Gasteiger partial charge is 0.507 e. The highest BCUT2D eigenvalue weighted by Gasteiger charge is 2.18. The maximum atomic E-state index is 11.8. The van der Waals surface area contributed by atoms with Crippen LogP contribution in [-0.2, 0) is 4.74 Å². The van der Waals surface area contributed by atoms with Crippen LogP contribution in [0.5, 0.6) is 5.75 Å². The summed E-state index contributed by atoms with van der Waals surface area (Å²) in [5.41, 5.74) is 2.87. The molecule has 0 unspecified atom stereocenters. The number of aromatic hydroxyl groups is 1. The molecule has 1 aromatic heterocycles. The quantitative estimate of drug-likeness (QED) is 0.877. The van der Waals surface area contributed by atoms with Gasteiger partial charge in [-0.1, -0.05) is 0 Å². The van der Waals surface area contributed by atoms with Gasteiger partial charge in [-0.05, 0) is 51.0 Å². The molecule has 0 radical (unpaired) electrons.